The number of nitrogens with one attached hydrogen (secondary N) is 1. The minimum Gasteiger partial charge on any atom is -0.359 e. The van der Waals surface area contributed by atoms with Crippen LogP contribution in [-0.2, 0) is 0 Å². The second-order valence-electron chi connectivity index (χ2n) is 8.44. The lowest BCUT2D eigenvalue weighted by atomic mass is 9.53. The van der Waals surface area contributed by atoms with Gasteiger partial charge in [0.25, 0.3) is 0 Å². The first-order chi connectivity index (χ1) is 10.1. The van der Waals surface area contributed by atoms with Crippen molar-refractivity contribution in [1.29, 1.82) is 0 Å². The van der Waals surface area contributed by atoms with E-state index in [1.807, 2.05) is 11.8 Å². The van der Waals surface area contributed by atoms with Crippen molar-refractivity contribution in [2.45, 2.75) is 70.8 Å². The normalized spacial score (nSPS) is 43.7. The van der Waals surface area contributed by atoms with Gasteiger partial charge in [0.05, 0.1) is 0 Å². The Labute approximate surface area is 133 Å². The third-order valence-corrected chi connectivity index (χ3v) is 8.24. The Balaban J connectivity index is 1.46. The van der Waals surface area contributed by atoms with E-state index in [4.69, 9.17) is 4.99 Å². The van der Waals surface area contributed by atoms with E-state index >= 15 is 0 Å². The van der Waals surface area contributed by atoms with Gasteiger partial charge in [0.2, 0.25) is 0 Å². The second-order valence-corrected chi connectivity index (χ2v) is 9.40. The molecule has 5 rings (SSSR count). The van der Waals surface area contributed by atoms with Gasteiger partial charge < -0.3 is 5.32 Å². The van der Waals surface area contributed by atoms with Gasteiger partial charge in [0.15, 0.2) is 5.17 Å². The fourth-order valence-corrected chi connectivity index (χ4v) is 7.18. The van der Waals surface area contributed by atoms with Gasteiger partial charge in [0.1, 0.15) is 0 Å². The average molecular weight is 307 g/mol. The van der Waals surface area contributed by atoms with Crippen LogP contribution in [0.2, 0.25) is 0 Å². The van der Waals surface area contributed by atoms with Gasteiger partial charge >= 0.3 is 0 Å². The zero-order valence-electron chi connectivity index (χ0n) is 13.7. The van der Waals surface area contributed by atoms with Crippen LogP contribution in [0.25, 0.3) is 0 Å². The highest BCUT2D eigenvalue weighted by molar-refractivity contribution is 8.13. The molecule has 0 aromatic rings. The molecule has 0 spiro atoms. The van der Waals surface area contributed by atoms with E-state index in [2.05, 4.69) is 19.2 Å². The summed E-state index contributed by atoms with van der Waals surface area (Å²) < 4.78 is 0. The number of hydrogen-bond acceptors (Lipinski definition) is 3. The Morgan fingerprint density at radius 3 is 2.05 bits per heavy atom. The van der Waals surface area contributed by atoms with E-state index in [1.165, 1.54) is 62.3 Å². The molecule has 1 N–H and O–H groups in total. The predicted octanol–water partition coefficient (Wildman–Crippen LogP) is 4.45. The summed E-state index contributed by atoms with van der Waals surface area (Å²) in [6.45, 7) is 5.70. The van der Waals surface area contributed by atoms with Crippen molar-refractivity contribution in [2.24, 2.45) is 28.2 Å². The van der Waals surface area contributed by atoms with Gasteiger partial charge in [-0.15, -0.1) is 0 Å². The highest BCUT2D eigenvalue weighted by Crippen LogP contribution is 2.55. The lowest BCUT2D eigenvalue weighted by molar-refractivity contribution is -0.00971. The highest BCUT2D eigenvalue weighted by atomic mass is 32.2. The number of thioether (sulfide) groups is 1. The van der Waals surface area contributed by atoms with Gasteiger partial charge in [-0.05, 0) is 74.5 Å². The Bertz CT molecular complexity index is 403. The summed E-state index contributed by atoms with van der Waals surface area (Å²) in [7, 11) is 0. The maximum Gasteiger partial charge on any atom is 0.157 e. The summed E-state index contributed by atoms with van der Waals surface area (Å²) in [5, 5.41) is 5.24. The minimum atomic E-state index is 0.430. The molecule has 21 heavy (non-hydrogen) atoms. The first kappa shape index (κ1) is 14.4. The molecule has 1 aliphatic heterocycles. The molecule has 0 aromatic carbocycles. The van der Waals surface area contributed by atoms with Crippen LogP contribution in [-0.4, -0.2) is 23.0 Å². The average Bonchev–Trinajstić information content (AvgIpc) is 2.47. The lowest BCUT2D eigenvalue weighted by Crippen LogP contribution is -2.59. The van der Waals surface area contributed by atoms with Crippen molar-refractivity contribution < 1.29 is 0 Å². The quantitative estimate of drug-likeness (QED) is 0.833. The highest BCUT2D eigenvalue weighted by Gasteiger charge is 2.51. The van der Waals surface area contributed by atoms with Crippen LogP contribution in [0, 0.1) is 23.2 Å². The van der Waals surface area contributed by atoms with Crippen LogP contribution in [0.3, 0.4) is 0 Å². The van der Waals surface area contributed by atoms with Gasteiger partial charge in [-0.2, -0.15) is 0 Å². The molecular formula is C18H30N2S. The zero-order chi connectivity index (χ0) is 14.5. The summed E-state index contributed by atoms with van der Waals surface area (Å²) in [6, 6.07) is 0. The molecule has 4 saturated carbocycles. The molecule has 4 bridgehead atoms. The molecule has 118 valence electrons. The monoisotopic (exact) mass is 306 g/mol. The molecular weight excluding hydrogens is 276 g/mol. The number of aliphatic imine (C=N–C) groups is 1. The first-order valence-electron chi connectivity index (χ1n) is 9.10. The van der Waals surface area contributed by atoms with Gasteiger partial charge in [-0.3, -0.25) is 4.99 Å². The van der Waals surface area contributed by atoms with Gasteiger partial charge in [-0.25, -0.2) is 0 Å². The lowest BCUT2D eigenvalue weighted by Gasteiger charge is -2.57. The van der Waals surface area contributed by atoms with E-state index in [1.54, 1.807) is 0 Å². The summed E-state index contributed by atoms with van der Waals surface area (Å²) in [5.41, 5.74) is 0.899. The Kier molecular flexibility index (Phi) is 3.55. The van der Waals surface area contributed by atoms with Crippen LogP contribution in [0.1, 0.15) is 65.2 Å². The smallest absolute Gasteiger partial charge is 0.157 e. The Morgan fingerprint density at radius 1 is 1.05 bits per heavy atom. The van der Waals surface area contributed by atoms with Crippen molar-refractivity contribution in [1.82, 2.24) is 5.32 Å². The molecule has 4 aliphatic carbocycles. The van der Waals surface area contributed by atoms with E-state index in [0.717, 1.165) is 24.3 Å². The molecule has 4 fully saturated rings. The first-order valence-corrected chi connectivity index (χ1v) is 10.1. The van der Waals surface area contributed by atoms with Crippen molar-refractivity contribution in [2.75, 3.05) is 12.3 Å². The van der Waals surface area contributed by atoms with Crippen LogP contribution in [0.4, 0.5) is 0 Å². The molecule has 0 amide bonds. The molecule has 0 aromatic heterocycles. The van der Waals surface area contributed by atoms with E-state index in [-0.39, 0.29) is 0 Å². The molecule has 5 aliphatic rings. The van der Waals surface area contributed by atoms with Crippen LogP contribution >= 0.6 is 11.8 Å². The van der Waals surface area contributed by atoms with Gasteiger partial charge in [-0.1, -0.05) is 25.6 Å². The van der Waals surface area contributed by atoms with Gasteiger partial charge in [0, 0.05) is 17.8 Å². The molecule has 0 saturated heterocycles. The third kappa shape index (κ3) is 2.54. The Morgan fingerprint density at radius 2 is 1.62 bits per heavy atom. The maximum atomic E-state index is 4.97. The number of amidine groups is 1. The Hall–Kier alpha value is -0.180. The van der Waals surface area contributed by atoms with E-state index in [0.29, 0.717) is 11.0 Å². The fourth-order valence-electron chi connectivity index (χ4n) is 5.80. The van der Waals surface area contributed by atoms with E-state index < -0.39 is 0 Å². The molecule has 3 heteroatoms. The van der Waals surface area contributed by atoms with Crippen LogP contribution < -0.4 is 5.32 Å². The molecule has 0 atom stereocenters. The molecule has 0 unspecified atom stereocenters. The van der Waals surface area contributed by atoms with Crippen molar-refractivity contribution in [3.05, 3.63) is 0 Å². The minimum absolute atomic E-state index is 0.430. The zero-order valence-corrected chi connectivity index (χ0v) is 14.5. The number of hydrogen-bond donors (Lipinski definition) is 1. The summed E-state index contributed by atoms with van der Waals surface area (Å²) >= 11 is 2.01. The topological polar surface area (TPSA) is 24.4 Å². The van der Waals surface area contributed by atoms with Crippen molar-refractivity contribution in [3.63, 3.8) is 0 Å². The van der Waals surface area contributed by atoms with Crippen LogP contribution in [0.15, 0.2) is 4.99 Å². The summed E-state index contributed by atoms with van der Waals surface area (Å²) in [6.07, 6.45) is 11.4. The van der Waals surface area contributed by atoms with Crippen molar-refractivity contribution in [3.8, 4) is 0 Å². The number of rotatable bonds is 3. The maximum absolute atomic E-state index is 4.97. The predicted molar refractivity (Wildman–Crippen MR) is 91.8 cm³/mol. The van der Waals surface area contributed by atoms with E-state index in [9.17, 15) is 0 Å². The second kappa shape index (κ2) is 5.18. The standard InChI is InChI=1S/C18H30N2S/c1-3-17(4-2)11-19-16(21-12-17)20-18-8-13-5-14(9-18)7-15(6-13)10-18/h13-15H,3-12H2,1-2H3,(H,19,20). The fraction of sp³-hybridized carbons (Fsp3) is 0.944. The molecule has 0 radical (unpaired) electrons. The molecule has 1 heterocycles. The van der Waals surface area contributed by atoms with Crippen molar-refractivity contribution >= 4 is 16.9 Å². The summed E-state index contributed by atoms with van der Waals surface area (Å²) in [5.74, 6) is 4.31. The molecule has 2 nitrogen and oxygen atoms in total. The largest absolute Gasteiger partial charge is 0.359 e. The SMILES string of the molecule is CCC1(CC)CN=C(NC23CC4CC(CC(C4)C2)C3)SC1. The number of nitrogens with zero attached hydrogens (tertiary/aromatic N) is 1. The van der Waals surface area contributed by atoms with Crippen LogP contribution in [0.5, 0.6) is 0 Å². The summed E-state index contributed by atoms with van der Waals surface area (Å²) in [4.78, 5) is 4.97. The third-order valence-electron chi connectivity index (χ3n) is 6.98.